The minimum absolute atomic E-state index is 0.169. The summed E-state index contributed by atoms with van der Waals surface area (Å²) in [6.45, 7) is 0.744. The van der Waals surface area contributed by atoms with Gasteiger partial charge in [-0.05, 0) is 6.42 Å². The van der Waals surface area contributed by atoms with Crippen LogP contribution < -0.4 is 5.73 Å². The van der Waals surface area contributed by atoms with E-state index in [-0.39, 0.29) is 12.0 Å². The molecule has 1 aliphatic heterocycles. The second-order valence-corrected chi connectivity index (χ2v) is 2.95. The summed E-state index contributed by atoms with van der Waals surface area (Å²) in [7, 11) is 1.38. The first-order valence-corrected chi connectivity index (χ1v) is 4.07. The van der Waals surface area contributed by atoms with Crippen LogP contribution in [-0.4, -0.2) is 31.4 Å². The van der Waals surface area contributed by atoms with E-state index in [0.717, 1.165) is 25.1 Å². The normalized spacial score (nSPS) is 23.2. The molecule has 0 fully saturated rings. The van der Waals surface area contributed by atoms with Crippen LogP contribution in [0.4, 0.5) is 0 Å². The van der Waals surface area contributed by atoms with Gasteiger partial charge in [-0.25, -0.2) is 0 Å². The van der Waals surface area contributed by atoms with Crippen molar-refractivity contribution in [1.29, 1.82) is 0 Å². The molecule has 68 valence electrons. The third-order valence-corrected chi connectivity index (χ3v) is 1.91. The van der Waals surface area contributed by atoms with E-state index in [0.29, 0.717) is 6.42 Å². The van der Waals surface area contributed by atoms with Crippen LogP contribution in [0, 0.1) is 0 Å². The lowest BCUT2D eigenvalue weighted by Gasteiger charge is -2.17. The predicted octanol–water partition coefficient (Wildman–Crippen LogP) is 0.112. The van der Waals surface area contributed by atoms with Crippen molar-refractivity contribution in [2.75, 3.05) is 13.7 Å². The van der Waals surface area contributed by atoms with E-state index < -0.39 is 0 Å². The molecule has 1 aliphatic rings. The van der Waals surface area contributed by atoms with E-state index in [2.05, 4.69) is 9.73 Å². The highest BCUT2D eigenvalue weighted by Crippen LogP contribution is 2.08. The number of hydrogen-bond acceptors (Lipinski definition) is 4. The number of ether oxygens (including phenoxy) is 1. The molecule has 0 aliphatic carbocycles. The lowest BCUT2D eigenvalue weighted by atomic mass is 10.0. The van der Waals surface area contributed by atoms with Crippen LogP contribution in [0.15, 0.2) is 4.99 Å². The highest BCUT2D eigenvalue weighted by molar-refractivity contribution is 5.99. The molecule has 0 bridgehead atoms. The number of carbonyl (C=O) groups is 1. The van der Waals surface area contributed by atoms with Gasteiger partial charge in [0, 0.05) is 24.7 Å². The summed E-state index contributed by atoms with van der Waals surface area (Å²) in [5, 5.41) is 0. The lowest BCUT2D eigenvalue weighted by molar-refractivity contribution is -0.139. The zero-order valence-electron chi connectivity index (χ0n) is 7.25. The molecule has 12 heavy (non-hydrogen) atoms. The number of rotatable bonds is 2. The van der Waals surface area contributed by atoms with Crippen molar-refractivity contribution in [3.05, 3.63) is 0 Å². The Morgan fingerprint density at radius 2 is 2.58 bits per heavy atom. The Morgan fingerprint density at radius 1 is 1.83 bits per heavy atom. The molecular weight excluding hydrogens is 156 g/mol. The van der Waals surface area contributed by atoms with Gasteiger partial charge in [0.05, 0.1) is 13.5 Å². The van der Waals surface area contributed by atoms with E-state index in [1.54, 1.807) is 0 Å². The average Bonchev–Trinajstić information content (AvgIpc) is 2.04. The molecule has 1 atom stereocenters. The fourth-order valence-electron chi connectivity index (χ4n) is 1.22. The molecule has 0 saturated heterocycles. The number of nitrogens with zero attached hydrogens (tertiary/aromatic N) is 1. The van der Waals surface area contributed by atoms with E-state index in [9.17, 15) is 4.79 Å². The van der Waals surface area contributed by atoms with Crippen molar-refractivity contribution in [3.63, 3.8) is 0 Å². The van der Waals surface area contributed by atoms with Crippen LogP contribution in [-0.2, 0) is 9.53 Å². The SMILES string of the molecule is COC(=O)CC1=NCCC(N)C1. The number of nitrogens with two attached hydrogens (primary N) is 1. The predicted molar refractivity (Wildman–Crippen MR) is 46.1 cm³/mol. The molecule has 0 saturated carbocycles. The first-order valence-electron chi connectivity index (χ1n) is 4.07. The van der Waals surface area contributed by atoms with Gasteiger partial charge in [-0.2, -0.15) is 0 Å². The molecule has 2 N–H and O–H groups in total. The second kappa shape index (κ2) is 4.21. The maximum atomic E-state index is 10.8. The van der Waals surface area contributed by atoms with E-state index >= 15 is 0 Å². The molecular formula is C8H14N2O2. The van der Waals surface area contributed by atoms with Gasteiger partial charge in [0.1, 0.15) is 0 Å². The van der Waals surface area contributed by atoms with Crippen molar-refractivity contribution in [3.8, 4) is 0 Å². The Hall–Kier alpha value is -0.900. The van der Waals surface area contributed by atoms with Gasteiger partial charge in [0.25, 0.3) is 0 Å². The van der Waals surface area contributed by atoms with Gasteiger partial charge in [0.15, 0.2) is 0 Å². The van der Waals surface area contributed by atoms with E-state index in [1.165, 1.54) is 7.11 Å². The minimum atomic E-state index is -0.233. The first-order chi connectivity index (χ1) is 5.72. The van der Waals surface area contributed by atoms with Crippen LogP contribution >= 0.6 is 0 Å². The summed E-state index contributed by atoms with van der Waals surface area (Å²) in [5.74, 6) is -0.233. The van der Waals surface area contributed by atoms with Crippen molar-refractivity contribution in [2.24, 2.45) is 10.7 Å². The number of esters is 1. The Balaban J connectivity index is 2.41. The zero-order chi connectivity index (χ0) is 8.97. The van der Waals surface area contributed by atoms with Crippen molar-refractivity contribution in [2.45, 2.75) is 25.3 Å². The second-order valence-electron chi connectivity index (χ2n) is 2.95. The van der Waals surface area contributed by atoms with Crippen LogP contribution in [0.5, 0.6) is 0 Å². The number of carbonyl (C=O) groups excluding carboxylic acids is 1. The van der Waals surface area contributed by atoms with E-state index in [1.807, 2.05) is 0 Å². The molecule has 0 aromatic rings. The molecule has 1 rings (SSSR count). The van der Waals surface area contributed by atoms with Crippen LogP contribution in [0.25, 0.3) is 0 Å². The standard InChI is InChI=1S/C8H14N2O2/c1-12-8(11)5-7-4-6(9)2-3-10-7/h6H,2-5,9H2,1H3. The first kappa shape index (κ1) is 9.19. The van der Waals surface area contributed by atoms with Gasteiger partial charge in [-0.15, -0.1) is 0 Å². The van der Waals surface area contributed by atoms with Gasteiger partial charge < -0.3 is 10.5 Å². The number of methoxy groups -OCH3 is 1. The quantitative estimate of drug-likeness (QED) is 0.598. The third kappa shape index (κ3) is 2.62. The lowest BCUT2D eigenvalue weighted by Crippen LogP contribution is -2.29. The molecule has 0 spiro atoms. The molecule has 0 aromatic heterocycles. The van der Waals surface area contributed by atoms with Crippen LogP contribution in [0.2, 0.25) is 0 Å². The van der Waals surface area contributed by atoms with Crippen molar-refractivity contribution in [1.82, 2.24) is 0 Å². The maximum Gasteiger partial charge on any atom is 0.311 e. The smallest absolute Gasteiger partial charge is 0.311 e. The molecule has 1 unspecified atom stereocenters. The summed E-state index contributed by atoms with van der Waals surface area (Å²) >= 11 is 0. The topological polar surface area (TPSA) is 64.7 Å². The molecule has 0 amide bonds. The summed E-state index contributed by atoms with van der Waals surface area (Å²) in [5.41, 5.74) is 6.58. The molecule has 0 radical (unpaired) electrons. The number of hydrogen-bond donors (Lipinski definition) is 1. The molecule has 4 nitrogen and oxygen atoms in total. The third-order valence-electron chi connectivity index (χ3n) is 1.91. The summed E-state index contributed by atoms with van der Waals surface area (Å²) in [6, 6.07) is 0.169. The minimum Gasteiger partial charge on any atom is -0.469 e. The molecule has 1 heterocycles. The zero-order valence-corrected chi connectivity index (χ0v) is 7.25. The highest BCUT2D eigenvalue weighted by atomic mass is 16.5. The molecule has 4 heteroatoms. The number of aliphatic imine (C=N–C) groups is 1. The summed E-state index contributed by atoms with van der Waals surface area (Å²) in [6.07, 6.45) is 1.95. The summed E-state index contributed by atoms with van der Waals surface area (Å²) in [4.78, 5) is 15.0. The van der Waals surface area contributed by atoms with Crippen molar-refractivity contribution < 1.29 is 9.53 Å². The van der Waals surface area contributed by atoms with Crippen molar-refractivity contribution >= 4 is 11.7 Å². The van der Waals surface area contributed by atoms with Gasteiger partial charge >= 0.3 is 5.97 Å². The van der Waals surface area contributed by atoms with E-state index in [4.69, 9.17) is 5.73 Å². The van der Waals surface area contributed by atoms with Gasteiger partial charge in [-0.3, -0.25) is 9.79 Å². The Morgan fingerprint density at radius 3 is 3.17 bits per heavy atom. The largest absolute Gasteiger partial charge is 0.469 e. The van der Waals surface area contributed by atoms with Gasteiger partial charge in [-0.1, -0.05) is 0 Å². The van der Waals surface area contributed by atoms with Crippen LogP contribution in [0.1, 0.15) is 19.3 Å². The Kier molecular flexibility index (Phi) is 3.22. The molecule has 0 aromatic carbocycles. The highest BCUT2D eigenvalue weighted by Gasteiger charge is 2.15. The fraction of sp³-hybridized carbons (Fsp3) is 0.750. The monoisotopic (exact) mass is 170 g/mol. The van der Waals surface area contributed by atoms with Gasteiger partial charge in [0.2, 0.25) is 0 Å². The maximum absolute atomic E-state index is 10.8. The Bertz CT molecular complexity index is 201. The average molecular weight is 170 g/mol. The Labute approximate surface area is 71.8 Å². The van der Waals surface area contributed by atoms with Crippen LogP contribution in [0.3, 0.4) is 0 Å². The summed E-state index contributed by atoms with van der Waals surface area (Å²) < 4.78 is 4.53. The fourth-order valence-corrected chi connectivity index (χ4v) is 1.22.